The lowest BCUT2D eigenvalue weighted by Gasteiger charge is -2.39. The van der Waals surface area contributed by atoms with Crippen LogP contribution in [0.1, 0.15) is 25.7 Å². The Morgan fingerprint density at radius 1 is 1.33 bits per heavy atom. The fourth-order valence-corrected chi connectivity index (χ4v) is 1.61. The lowest BCUT2D eigenvalue weighted by atomic mass is 9.77. The molecule has 5 nitrogen and oxygen atoms in total. The van der Waals surface area contributed by atoms with Crippen molar-refractivity contribution in [2.75, 3.05) is 27.4 Å². The van der Waals surface area contributed by atoms with Gasteiger partial charge in [-0.2, -0.15) is 0 Å². The van der Waals surface area contributed by atoms with Gasteiger partial charge < -0.3 is 9.47 Å². The van der Waals surface area contributed by atoms with E-state index in [1.807, 2.05) is 0 Å². The maximum atomic E-state index is 11.4. The minimum Gasteiger partial charge on any atom is -0.382 e. The maximum Gasteiger partial charge on any atom is 0.246 e. The highest BCUT2D eigenvalue weighted by atomic mass is 16.7. The quantitative estimate of drug-likeness (QED) is 0.502. The Hall–Kier alpha value is -0.650. The Morgan fingerprint density at radius 2 is 2.07 bits per heavy atom. The summed E-state index contributed by atoms with van der Waals surface area (Å²) in [6.45, 7) is 0.831. The van der Waals surface area contributed by atoms with Gasteiger partial charge in [0.15, 0.2) is 0 Å². The van der Waals surface area contributed by atoms with Crippen molar-refractivity contribution in [3.8, 4) is 0 Å². The lowest BCUT2D eigenvalue weighted by molar-refractivity contribution is -0.146. The van der Waals surface area contributed by atoms with E-state index < -0.39 is 0 Å². The summed E-state index contributed by atoms with van der Waals surface area (Å²) in [4.78, 5) is 16.3. The number of amides is 1. The number of hydrogen-bond acceptors (Lipinski definition) is 4. The second-order valence-electron chi connectivity index (χ2n) is 3.78. The molecule has 0 atom stereocenters. The second-order valence-corrected chi connectivity index (χ2v) is 3.78. The third-order valence-corrected chi connectivity index (χ3v) is 2.76. The van der Waals surface area contributed by atoms with E-state index in [0.29, 0.717) is 19.6 Å². The number of nitrogens with one attached hydrogen (secondary N) is 1. The molecule has 0 spiro atoms. The number of methoxy groups -OCH3 is 2. The summed E-state index contributed by atoms with van der Waals surface area (Å²) in [5.74, 6) is -0.132. The number of hydroxylamine groups is 1. The van der Waals surface area contributed by atoms with Gasteiger partial charge in [-0.3, -0.25) is 9.63 Å². The molecule has 1 amide bonds. The molecule has 0 aromatic heterocycles. The maximum absolute atomic E-state index is 11.4. The van der Waals surface area contributed by atoms with Crippen LogP contribution in [0, 0.1) is 0 Å². The molecule has 0 radical (unpaired) electrons. The minimum atomic E-state index is -0.241. The summed E-state index contributed by atoms with van der Waals surface area (Å²) in [7, 11) is 3.23. The third-order valence-electron chi connectivity index (χ3n) is 2.76. The van der Waals surface area contributed by atoms with E-state index in [9.17, 15) is 4.79 Å². The minimum absolute atomic E-state index is 0.132. The van der Waals surface area contributed by atoms with Crippen LogP contribution in [0.3, 0.4) is 0 Å². The zero-order chi connectivity index (χ0) is 11.1. The Kier molecular flexibility index (Phi) is 5.01. The van der Waals surface area contributed by atoms with Gasteiger partial charge in [-0.15, -0.1) is 0 Å². The zero-order valence-electron chi connectivity index (χ0n) is 9.38. The van der Waals surface area contributed by atoms with E-state index in [1.54, 1.807) is 14.2 Å². The summed E-state index contributed by atoms with van der Waals surface area (Å²) in [6.07, 6.45) is 3.41. The molecule has 1 fully saturated rings. The second kappa shape index (κ2) is 6.05. The summed E-state index contributed by atoms with van der Waals surface area (Å²) in [6, 6.07) is 0. The van der Waals surface area contributed by atoms with Crippen LogP contribution in [0.15, 0.2) is 0 Å². The first kappa shape index (κ1) is 12.4. The fourth-order valence-electron chi connectivity index (χ4n) is 1.61. The van der Waals surface area contributed by atoms with Crippen molar-refractivity contribution in [2.45, 2.75) is 31.3 Å². The highest BCUT2D eigenvalue weighted by Gasteiger charge is 2.38. The first-order chi connectivity index (χ1) is 7.22. The van der Waals surface area contributed by atoms with Gasteiger partial charge in [0.1, 0.15) is 0 Å². The molecule has 0 heterocycles. The molecule has 1 N–H and O–H groups in total. The van der Waals surface area contributed by atoms with Gasteiger partial charge in [0.25, 0.3) is 0 Å². The SMILES string of the molecule is COCCONC(=O)CC1(OC)CCC1. The van der Waals surface area contributed by atoms with Gasteiger partial charge in [-0.05, 0) is 19.3 Å². The van der Waals surface area contributed by atoms with Crippen molar-refractivity contribution >= 4 is 5.91 Å². The van der Waals surface area contributed by atoms with Crippen LogP contribution in [0.25, 0.3) is 0 Å². The summed E-state index contributed by atoms with van der Waals surface area (Å²) in [5.41, 5.74) is 2.14. The van der Waals surface area contributed by atoms with Crippen molar-refractivity contribution in [1.82, 2.24) is 5.48 Å². The summed E-state index contributed by atoms with van der Waals surface area (Å²) in [5, 5.41) is 0. The highest BCUT2D eigenvalue weighted by Crippen LogP contribution is 2.37. The topological polar surface area (TPSA) is 56.8 Å². The van der Waals surface area contributed by atoms with Crippen molar-refractivity contribution in [3.05, 3.63) is 0 Å². The Morgan fingerprint density at radius 3 is 2.53 bits per heavy atom. The van der Waals surface area contributed by atoms with Gasteiger partial charge in [0.2, 0.25) is 5.91 Å². The molecule has 5 heteroatoms. The normalized spacial score (nSPS) is 18.3. The van der Waals surface area contributed by atoms with Gasteiger partial charge in [0, 0.05) is 14.2 Å². The molecule has 1 saturated carbocycles. The molecule has 0 aromatic rings. The molecule has 1 rings (SSSR count). The lowest BCUT2D eigenvalue weighted by Crippen LogP contribution is -2.44. The first-order valence-corrected chi connectivity index (χ1v) is 5.17. The molecule has 0 aromatic carbocycles. The number of hydrogen-bond donors (Lipinski definition) is 1. The molecule has 15 heavy (non-hydrogen) atoms. The summed E-state index contributed by atoms with van der Waals surface area (Å²) < 4.78 is 10.1. The van der Waals surface area contributed by atoms with Crippen LogP contribution in [0.4, 0.5) is 0 Å². The van der Waals surface area contributed by atoms with Gasteiger partial charge >= 0.3 is 0 Å². The van der Waals surface area contributed by atoms with E-state index in [2.05, 4.69) is 5.48 Å². The molecule has 1 aliphatic carbocycles. The largest absolute Gasteiger partial charge is 0.382 e. The van der Waals surface area contributed by atoms with Crippen LogP contribution < -0.4 is 5.48 Å². The van der Waals surface area contributed by atoms with Crippen molar-refractivity contribution in [3.63, 3.8) is 0 Å². The van der Waals surface area contributed by atoms with E-state index in [0.717, 1.165) is 19.3 Å². The van der Waals surface area contributed by atoms with Crippen LogP contribution in [-0.2, 0) is 19.1 Å². The van der Waals surface area contributed by atoms with Crippen LogP contribution in [0.2, 0.25) is 0 Å². The molecular formula is C10H19NO4. The van der Waals surface area contributed by atoms with E-state index in [4.69, 9.17) is 14.3 Å². The summed E-state index contributed by atoms with van der Waals surface area (Å²) >= 11 is 0. The van der Waals surface area contributed by atoms with Crippen LogP contribution >= 0.6 is 0 Å². The van der Waals surface area contributed by atoms with Crippen molar-refractivity contribution in [2.24, 2.45) is 0 Å². The average Bonchev–Trinajstić information content (AvgIpc) is 2.18. The fraction of sp³-hybridized carbons (Fsp3) is 0.900. The monoisotopic (exact) mass is 217 g/mol. The molecule has 88 valence electrons. The average molecular weight is 217 g/mol. The zero-order valence-corrected chi connectivity index (χ0v) is 9.38. The van der Waals surface area contributed by atoms with E-state index >= 15 is 0 Å². The van der Waals surface area contributed by atoms with Gasteiger partial charge in [-0.25, -0.2) is 5.48 Å². The Balaban J connectivity index is 2.12. The number of carbonyl (C=O) groups is 1. The van der Waals surface area contributed by atoms with Crippen LogP contribution in [0.5, 0.6) is 0 Å². The molecule has 0 bridgehead atoms. The highest BCUT2D eigenvalue weighted by molar-refractivity contribution is 5.76. The van der Waals surface area contributed by atoms with Crippen molar-refractivity contribution in [1.29, 1.82) is 0 Å². The number of rotatable bonds is 7. The molecule has 0 aliphatic heterocycles. The standard InChI is InChI=1S/C10H19NO4/c1-13-6-7-15-11-9(12)8-10(14-2)4-3-5-10/h3-8H2,1-2H3,(H,11,12). The third kappa shape index (κ3) is 3.77. The number of carbonyl (C=O) groups excluding carboxylic acids is 1. The van der Waals surface area contributed by atoms with Gasteiger partial charge in [-0.1, -0.05) is 0 Å². The number of ether oxygens (including phenoxy) is 2. The first-order valence-electron chi connectivity index (χ1n) is 5.17. The molecular weight excluding hydrogens is 198 g/mol. The smallest absolute Gasteiger partial charge is 0.246 e. The predicted octanol–water partition coefficient (Wildman–Crippen LogP) is 0.640. The molecule has 0 unspecified atom stereocenters. The Bertz CT molecular complexity index is 198. The van der Waals surface area contributed by atoms with E-state index in [-0.39, 0.29) is 11.5 Å². The Labute approximate surface area is 90.0 Å². The van der Waals surface area contributed by atoms with Crippen LogP contribution in [-0.4, -0.2) is 38.9 Å². The molecule has 1 aliphatic rings. The van der Waals surface area contributed by atoms with Gasteiger partial charge in [0.05, 0.1) is 25.2 Å². The predicted molar refractivity (Wildman–Crippen MR) is 54.2 cm³/mol. The van der Waals surface area contributed by atoms with E-state index in [1.165, 1.54) is 0 Å². The van der Waals surface area contributed by atoms with Crippen molar-refractivity contribution < 1.29 is 19.1 Å². The molecule has 0 saturated heterocycles.